The summed E-state index contributed by atoms with van der Waals surface area (Å²) in [5, 5.41) is 0. The minimum Gasteiger partial charge on any atom is -0.357 e. The molecule has 0 radical (unpaired) electrons. The lowest BCUT2D eigenvalue weighted by molar-refractivity contribution is 0.705. The highest BCUT2D eigenvalue weighted by Crippen LogP contribution is 2.10. The van der Waals surface area contributed by atoms with Crippen LogP contribution in [0.15, 0.2) is 58.6 Å². The van der Waals surface area contributed by atoms with Crippen molar-refractivity contribution in [1.82, 2.24) is 9.55 Å². The van der Waals surface area contributed by atoms with Crippen LogP contribution in [0.3, 0.4) is 0 Å². The summed E-state index contributed by atoms with van der Waals surface area (Å²) >= 11 is 0. The summed E-state index contributed by atoms with van der Waals surface area (Å²) in [6, 6.07) is 11.1. The average molecular weight is 271 g/mol. The topological polar surface area (TPSA) is 58.1 Å². The summed E-state index contributed by atoms with van der Waals surface area (Å²) in [4.78, 5) is 27.6. The van der Waals surface area contributed by atoms with Crippen LogP contribution in [0.5, 0.6) is 0 Å². The molecule has 0 aliphatic carbocycles. The van der Waals surface area contributed by atoms with Crippen molar-refractivity contribution in [2.24, 2.45) is 0 Å². The molecule has 0 amide bonds. The maximum Gasteiger partial charge on any atom is 0.330 e. The summed E-state index contributed by atoms with van der Waals surface area (Å²) in [7, 11) is 1.82. The SMILES string of the molecule is C=CCN(C)c1cc(=O)[nH]c(=O)n1Cc1ccccc1. The van der Waals surface area contributed by atoms with Crippen molar-refractivity contribution in [3.8, 4) is 0 Å². The smallest absolute Gasteiger partial charge is 0.330 e. The number of hydrogen-bond acceptors (Lipinski definition) is 3. The second-order valence-corrected chi connectivity index (χ2v) is 4.54. The zero-order valence-electron chi connectivity index (χ0n) is 11.4. The van der Waals surface area contributed by atoms with Crippen LogP contribution in [0.4, 0.5) is 5.82 Å². The van der Waals surface area contributed by atoms with Gasteiger partial charge in [0, 0.05) is 19.7 Å². The number of aromatic amines is 1. The molecule has 1 N–H and O–H groups in total. The van der Waals surface area contributed by atoms with Gasteiger partial charge < -0.3 is 4.90 Å². The molecule has 5 nitrogen and oxygen atoms in total. The number of benzene rings is 1. The Morgan fingerprint density at radius 2 is 2.00 bits per heavy atom. The third-order valence-electron chi connectivity index (χ3n) is 2.99. The second-order valence-electron chi connectivity index (χ2n) is 4.54. The highest BCUT2D eigenvalue weighted by Gasteiger charge is 2.10. The lowest BCUT2D eigenvalue weighted by Crippen LogP contribution is -2.35. The molecular weight excluding hydrogens is 254 g/mol. The number of aromatic nitrogens is 2. The zero-order chi connectivity index (χ0) is 14.5. The van der Waals surface area contributed by atoms with Crippen molar-refractivity contribution in [3.05, 3.63) is 75.5 Å². The van der Waals surface area contributed by atoms with Crippen molar-refractivity contribution in [2.45, 2.75) is 6.54 Å². The first-order chi connectivity index (χ1) is 9.61. The van der Waals surface area contributed by atoms with Crippen LogP contribution < -0.4 is 16.1 Å². The molecule has 2 aromatic rings. The highest BCUT2D eigenvalue weighted by atomic mass is 16.2. The third kappa shape index (κ3) is 3.06. The van der Waals surface area contributed by atoms with E-state index in [-0.39, 0.29) is 0 Å². The summed E-state index contributed by atoms with van der Waals surface area (Å²) in [6.45, 7) is 4.63. The van der Waals surface area contributed by atoms with Gasteiger partial charge >= 0.3 is 5.69 Å². The molecule has 0 bridgehead atoms. The first kappa shape index (κ1) is 13.9. The molecule has 20 heavy (non-hydrogen) atoms. The van der Waals surface area contributed by atoms with Gasteiger partial charge in [0.15, 0.2) is 0 Å². The number of nitrogens with one attached hydrogen (secondary N) is 1. The quantitative estimate of drug-likeness (QED) is 0.832. The summed E-state index contributed by atoms with van der Waals surface area (Å²) in [5.74, 6) is 0.572. The number of H-pyrrole nitrogens is 1. The van der Waals surface area contributed by atoms with Gasteiger partial charge in [-0.15, -0.1) is 6.58 Å². The van der Waals surface area contributed by atoms with Gasteiger partial charge in [-0.1, -0.05) is 36.4 Å². The van der Waals surface area contributed by atoms with E-state index >= 15 is 0 Å². The van der Waals surface area contributed by atoms with Crippen molar-refractivity contribution >= 4 is 5.82 Å². The Morgan fingerprint density at radius 3 is 2.65 bits per heavy atom. The Balaban J connectivity index is 2.48. The molecule has 0 saturated heterocycles. The lowest BCUT2D eigenvalue weighted by atomic mass is 10.2. The summed E-state index contributed by atoms with van der Waals surface area (Å²) in [5.41, 5.74) is 0.187. The van der Waals surface area contributed by atoms with E-state index in [1.165, 1.54) is 6.07 Å². The van der Waals surface area contributed by atoms with Crippen LogP contribution in [0.25, 0.3) is 0 Å². The van der Waals surface area contributed by atoms with Gasteiger partial charge in [-0.25, -0.2) is 4.79 Å². The van der Waals surface area contributed by atoms with Crippen molar-refractivity contribution in [1.29, 1.82) is 0 Å². The maximum atomic E-state index is 12.0. The van der Waals surface area contributed by atoms with Crippen LogP contribution in [0.1, 0.15) is 5.56 Å². The number of anilines is 1. The van der Waals surface area contributed by atoms with E-state index in [0.29, 0.717) is 18.9 Å². The van der Waals surface area contributed by atoms with E-state index in [2.05, 4.69) is 11.6 Å². The number of nitrogens with zero attached hydrogens (tertiary/aromatic N) is 2. The fourth-order valence-electron chi connectivity index (χ4n) is 2.03. The van der Waals surface area contributed by atoms with Crippen molar-refractivity contribution < 1.29 is 0 Å². The first-order valence-corrected chi connectivity index (χ1v) is 6.32. The Kier molecular flexibility index (Phi) is 4.20. The largest absolute Gasteiger partial charge is 0.357 e. The fraction of sp³-hybridized carbons (Fsp3) is 0.200. The van der Waals surface area contributed by atoms with Crippen molar-refractivity contribution in [2.75, 3.05) is 18.5 Å². The monoisotopic (exact) mass is 271 g/mol. The van der Waals surface area contributed by atoms with Crippen molar-refractivity contribution in [3.63, 3.8) is 0 Å². The molecule has 0 spiro atoms. The number of rotatable bonds is 5. The third-order valence-corrected chi connectivity index (χ3v) is 2.99. The van der Waals surface area contributed by atoms with Gasteiger partial charge in [0.25, 0.3) is 5.56 Å². The fourth-order valence-corrected chi connectivity index (χ4v) is 2.03. The molecule has 0 fully saturated rings. The zero-order valence-corrected chi connectivity index (χ0v) is 11.4. The van der Waals surface area contributed by atoms with Gasteiger partial charge in [-0.3, -0.25) is 14.3 Å². The maximum absolute atomic E-state index is 12.0. The Bertz CT molecular complexity index is 701. The van der Waals surface area contributed by atoms with Gasteiger partial charge in [-0.2, -0.15) is 0 Å². The molecule has 0 aliphatic rings. The minimum absolute atomic E-state index is 0.398. The second kappa shape index (κ2) is 6.06. The lowest BCUT2D eigenvalue weighted by Gasteiger charge is -2.21. The predicted octanol–water partition coefficient (Wildman–Crippen LogP) is 1.21. The molecule has 5 heteroatoms. The van der Waals surface area contributed by atoms with E-state index in [1.54, 1.807) is 10.6 Å². The van der Waals surface area contributed by atoms with Crippen LogP contribution >= 0.6 is 0 Å². The van der Waals surface area contributed by atoms with Crippen LogP contribution in [0.2, 0.25) is 0 Å². The Morgan fingerprint density at radius 1 is 1.30 bits per heavy atom. The van der Waals surface area contributed by atoms with E-state index in [4.69, 9.17) is 0 Å². The molecule has 104 valence electrons. The van der Waals surface area contributed by atoms with E-state index in [0.717, 1.165) is 5.56 Å². The molecular formula is C15H17N3O2. The molecule has 2 rings (SSSR count). The number of likely N-dealkylation sites (N-methyl/N-ethyl adjacent to an activating group) is 1. The Labute approximate surface area is 116 Å². The molecule has 0 saturated carbocycles. The normalized spacial score (nSPS) is 10.2. The van der Waals surface area contributed by atoms with E-state index in [9.17, 15) is 9.59 Å². The highest BCUT2D eigenvalue weighted by molar-refractivity contribution is 5.38. The summed E-state index contributed by atoms with van der Waals surface area (Å²) in [6.07, 6.45) is 1.72. The van der Waals surface area contributed by atoms with Gasteiger partial charge in [0.05, 0.1) is 6.54 Å². The molecule has 1 aromatic heterocycles. The van der Waals surface area contributed by atoms with Crippen LogP contribution in [-0.4, -0.2) is 23.1 Å². The first-order valence-electron chi connectivity index (χ1n) is 6.32. The standard InChI is InChI=1S/C15H17N3O2/c1-3-9-17(2)14-10-13(19)16-15(20)18(14)11-12-7-5-4-6-8-12/h3-8,10H,1,9,11H2,2H3,(H,16,19,20). The van der Waals surface area contributed by atoms with Gasteiger partial charge in [-0.05, 0) is 5.56 Å². The van der Waals surface area contributed by atoms with Gasteiger partial charge in [0.2, 0.25) is 0 Å². The molecule has 0 unspecified atom stereocenters. The van der Waals surface area contributed by atoms with E-state index in [1.807, 2.05) is 42.3 Å². The molecule has 1 aromatic carbocycles. The number of hydrogen-bond donors (Lipinski definition) is 1. The Hall–Kier alpha value is -2.56. The van der Waals surface area contributed by atoms with Gasteiger partial charge in [0.1, 0.15) is 5.82 Å². The van der Waals surface area contributed by atoms with E-state index < -0.39 is 11.2 Å². The average Bonchev–Trinajstić information content (AvgIpc) is 2.43. The van der Waals surface area contributed by atoms with Crippen LogP contribution in [-0.2, 0) is 6.54 Å². The minimum atomic E-state index is -0.410. The molecule has 0 aliphatic heterocycles. The molecule has 0 atom stereocenters. The predicted molar refractivity (Wildman–Crippen MR) is 80.3 cm³/mol. The van der Waals surface area contributed by atoms with Crippen LogP contribution in [0, 0.1) is 0 Å². The summed E-state index contributed by atoms with van der Waals surface area (Å²) < 4.78 is 1.54. The molecule has 1 heterocycles.